The van der Waals surface area contributed by atoms with Crippen molar-refractivity contribution in [3.63, 3.8) is 0 Å². The van der Waals surface area contributed by atoms with Gasteiger partial charge in [0.2, 0.25) is 0 Å². The van der Waals surface area contributed by atoms with Gasteiger partial charge in [0, 0.05) is 18.4 Å². The molecule has 0 aliphatic heterocycles. The molecule has 0 fully saturated rings. The molecule has 2 aromatic heterocycles. The summed E-state index contributed by atoms with van der Waals surface area (Å²) in [5, 5.41) is 2.99. The molecule has 20 heavy (non-hydrogen) atoms. The van der Waals surface area contributed by atoms with Gasteiger partial charge in [-0.25, -0.2) is 9.98 Å². The summed E-state index contributed by atoms with van der Waals surface area (Å²) in [6, 6.07) is 6.01. The van der Waals surface area contributed by atoms with Crippen molar-refractivity contribution in [3.05, 3.63) is 47.9 Å². The number of aliphatic imine (C=N–C) groups is 1. The van der Waals surface area contributed by atoms with Crippen molar-refractivity contribution in [1.29, 1.82) is 0 Å². The third kappa shape index (κ3) is 4.22. The van der Waals surface area contributed by atoms with Gasteiger partial charge >= 0.3 is 0 Å². The predicted molar refractivity (Wildman–Crippen MR) is 93.5 cm³/mol. The lowest BCUT2D eigenvalue weighted by Crippen LogP contribution is -2.32. The number of hydrogen-bond acceptors (Lipinski definition) is 2. The quantitative estimate of drug-likeness (QED) is 0.367. The van der Waals surface area contributed by atoms with Gasteiger partial charge in [-0.1, -0.05) is 18.2 Å². The van der Waals surface area contributed by atoms with Crippen molar-refractivity contribution in [3.8, 4) is 0 Å². The average Bonchev–Trinajstić information content (AvgIpc) is 2.78. The van der Waals surface area contributed by atoms with Gasteiger partial charge in [-0.3, -0.25) is 0 Å². The average molecular weight is 385 g/mol. The number of hydrogen-bond donors (Lipinski definition) is 2. The molecule has 108 valence electrons. The van der Waals surface area contributed by atoms with E-state index in [1.165, 1.54) is 0 Å². The van der Waals surface area contributed by atoms with Crippen LogP contribution >= 0.6 is 24.0 Å². The number of halogens is 1. The molecule has 0 atom stereocenters. The number of pyridine rings is 1. The Kier molecular flexibility index (Phi) is 6.00. The van der Waals surface area contributed by atoms with Crippen LogP contribution in [0.2, 0.25) is 0 Å². The number of aryl methyl sites for hydroxylation is 1. The summed E-state index contributed by atoms with van der Waals surface area (Å²) in [5.41, 5.74) is 9.75. The Balaban J connectivity index is 0.00000200. The Morgan fingerprint density at radius 1 is 1.50 bits per heavy atom. The Morgan fingerprint density at radius 2 is 2.25 bits per heavy atom. The largest absolute Gasteiger partial charge is 0.370 e. The summed E-state index contributed by atoms with van der Waals surface area (Å²) >= 11 is 0. The first-order valence-electron chi connectivity index (χ1n) is 6.18. The number of nitrogens with zero attached hydrogens (tertiary/aromatic N) is 3. The van der Waals surface area contributed by atoms with Crippen LogP contribution in [0.25, 0.3) is 5.65 Å². The molecule has 2 rings (SSSR count). The van der Waals surface area contributed by atoms with Crippen molar-refractivity contribution < 1.29 is 0 Å². The summed E-state index contributed by atoms with van der Waals surface area (Å²) in [6.07, 6.45) is 1.99. The number of nitrogens with one attached hydrogen (secondary N) is 1. The van der Waals surface area contributed by atoms with Crippen molar-refractivity contribution in [1.82, 2.24) is 14.7 Å². The van der Waals surface area contributed by atoms with E-state index in [4.69, 9.17) is 5.73 Å². The summed E-state index contributed by atoms with van der Waals surface area (Å²) in [7, 11) is 0. The molecule has 0 aromatic carbocycles. The number of imidazole rings is 1. The molecule has 0 aliphatic carbocycles. The van der Waals surface area contributed by atoms with Crippen molar-refractivity contribution in [2.45, 2.75) is 20.4 Å². The van der Waals surface area contributed by atoms with Crippen LogP contribution < -0.4 is 11.1 Å². The van der Waals surface area contributed by atoms with Gasteiger partial charge in [0.15, 0.2) is 5.96 Å². The Hall–Kier alpha value is -1.57. The molecule has 0 unspecified atom stereocenters. The lowest BCUT2D eigenvalue weighted by molar-refractivity contribution is 0.928. The molecule has 0 saturated heterocycles. The number of rotatable bonds is 4. The highest BCUT2D eigenvalue weighted by Crippen LogP contribution is 2.08. The third-order valence-corrected chi connectivity index (χ3v) is 2.73. The van der Waals surface area contributed by atoms with Gasteiger partial charge < -0.3 is 15.5 Å². The van der Waals surface area contributed by atoms with Gasteiger partial charge in [-0.05, 0) is 26.0 Å². The second-order valence-corrected chi connectivity index (χ2v) is 4.64. The van der Waals surface area contributed by atoms with Crippen LogP contribution in [-0.2, 0) is 6.54 Å². The van der Waals surface area contributed by atoms with E-state index in [2.05, 4.69) is 21.9 Å². The van der Waals surface area contributed by atoms with Crippen LogP contribution in [0.5, 0.6) is 0 Å². The fraction of sp³-hybridized carbons (Fsp3) is 0.286. The van der Waals surface area contributed by atoms with Crippen LogP contribution in [0.4, 0.5) is 0 Å². The van der Waals surface area contributed by atoms with E-state index >= 15 is 0 Å². The van der Waals surface area contributed by atoms with Crippen LogP contribution in [0.15, 0.2) is 41.5 Å². The third-order valence-electron chi connectivity index (χ3n) is 2.73. The summed E-state index contributed by atoms with van der Waals surface area (Å²) < 4.78 is 2.04. The van der Waals surface area contributed by atoms with Gasteiger partial charge in [-0.15, -0.1) is 24.0 Å². The monoisotopic (exact) mass is 385 g/mol. The minimum atomic E-state index is 0. The first-order chi connectivity index (χ1) is 9.06. The zero-order valence-electron chi connectivity index (χ0n) is 11.8. The van der Waals surface area contributed by atoms with Crippen LogP contribution in [0.3, 0.4) is 0 Å². The molecule has 0 saturated carbocycles. The first kappa shape index (κ1) is 16.5. The standard InChI is InChI=1S/C14H19N5.HI/c1-10(2)7-16-14(15)17-8-12-9-19-11(3)5-4-6-13(19)18-12;/h4-6,9H,1,7-8H2,2-3H3,(H3,15,16,17);1H. The predicted octanol–water partition coefficient (Wildman–Crippen LogP) is 2.24. The van der Waals surface area contributed by atoms with E-state index < -0.39 is 0 Å². The van der Waals surface area contributed by atoms with Crippen molar-refractivity contribution in [2.24, 2.45) is 10.7 Å². The van der Waals surface area contributed by atoms with Crippen molar-refractivity contribution in [2.75, 3.05) is 6.54 Å². The van der Waals surface area contributed by atoms with Crippen LogP contribution in [0.1, 0.15) is 18.3 Å². The normalized spacial score (nSPS) is 11.2. The lowest BCUT2D eigenvalue weighted by Gasteiger charge is -2.03. The molecule has 6 heteroatoms. The second-order valence-electron chi connectivity index (χ2n) is 4.64. The molecule has 0 amide bonds. The number of aromatic nitrogens is 2. The highest BCUT2D eigenvalue weighted by molar-refractivity contribution is 14.0. The number of guanidine groups is 1. The van der Waals surface area contributed by atoms with Gasteiger partial charge in [0.25, 0.3) is 0 Å². The molecule has 3 N–H and O–H groups in total. The minimum absolute atomic E-state index is 0. The molecule has 2 aromatic rings. The second kappa shape index (κ2) is 7.28. The number of fused-ring (bicyclic) bond motifs is 1. The van der Waals surface area contributed by atoms with E-state index in [9.17, 15) is 0 Å². The van der Waals surface area contributed by atoms with Crippen LogP contribution in [-0.4, -0.2) is 21.9 Å². The fourth-order valence-electron chi connectivity index (χ4n) is 1.74. The maximum atomic E-state index is 5.76. The Bertz CT molecular complexity index is 630. The SMILES string of the molecule is C=C(C)CNC(N)=NCc1cn2c(C)cccc2n1.I. The van der Waals surface area contributed by atoms with Crippen LogP contribution in [0, 0.1) is 6.92 Å². The maximum Gasteiger partial charge on any atom is 0.189 e. The Labute approximate surface area is 136 Å². The molecule has 0 bridgehead atoms. The molecule has 0 radical (unpaired) electrons. The lowest BCUT2D eigenvalue weighted by atomic mass is 10.3. The van der Waals surface area contributed by atoms with Gasteiger partial charge in [0.1, 0.15) is 5.65 Å². The van der Waals surface area contributed by atoms with Gasteiger partial charge in [0.05, 0.1) is 12.2 Å². The maximum absolute atomic E-state index is 5.76. The van der Waals surface area contributed by atoms with E-state index in [1.807, 2.05) is 42.6 Å². The van der Waals surface area contributed by atoms with Gasteiger partial charge in [-0.2, -0.15) is 0 Å². The topological polar surface area (TPSA) is 67.7 Å². The van der Waals surface area contributed by atoms with E-state index in [-0.39, 0.29) is 24.0 Å². The zero-order chi connectivity index (χ0) is 13.8. The molecular formula is C14H20IN5. The minimum Gasteiger partial charge on any atom is -0.370 e. The highest BCUT2D eigenvalue weighted by Gasteiger charge is 2.02. The van der Waals surface area contributed by atoms with E-state index in [1.54, 1.807) is 0 Å². The Morgan fingerprint density at radius 3 is 2.90 bits per heavy atom. The summed E-state index contributed by atoms with van der Waals surface area (Å²) in [4.78, 5) is 8.75. The number of nitrogens with two attached hydrogens (primary N) is 1. The first-order valence-corrected chi connectivity index (χ1v) is 6.18. The zero-order valence-corrected chi connectivity index (χ0v) is 14.1. The molecule has 2 heterocycles. The summed E-state index contributed by atoms with van der Waals surface area (Å²) in [6.45, 7) is 8.88. The molecule has 0 spiro atoms. The molecule has 0 aliphatic rings. The smallest absolute Gasteiger partial charge is 0.189 e. The molecule has 5 nitrogen and oxygen atoms in total. The van der Waals surface area contributed by atoms with E-state index in [0.717, 1.165) is 22.6 Å². The highest BCUT2D eigenvalue weighted by atomic mass is 127. The summed E-state index contributed by atoms with van der Waals surface area (Å²) in [5.74, 6) is 0.414. The van der Waals surface area contributed by atoms with E-state index in [0.29, 0.717) is 19.0 Å². The molecular weight excluding hydrogens is 365 g/mol. The van der Waals surface area contributed by atoms with Crippen molar-refractivity contribution >= 4 is 35.6 Å². The fourth-order valence-corrected chi connectivity index (χ4v) is 1.74.